The molecule has 0 saturated heterocycles. The molecule has 6 nitrogen and oxygen atoms in total. The molecule has 0 bridgehead atoms. The lowest BCUT2D eigenvalue weighted by Gasteiger charge is -2.34. The number of amides is 1. The van der Waals surface area contributed by atoms with Gasteiger partial charge in [-0.25, -0.2) is 9.97 Å². The molecule has 1 heterocycles. The van der Waals surface area contributed by atoms with E-state index in [1.807, 2.05) is 11.9 Å². The third kappa shape index (κ3) is 3.97. The highest BCUT2D eigenvalue weighted by atomic mass is 16.3. The number of aliphatic hydroxyl groups is 1. The molecule has 0 aromatic carbocycles. The van der Waals surface area contributed by atoms with Crippen LogP contribution in [0.25, 0.3) is 0 Å². The fourth-order valence-electron chi connectivity index (χ4n) is 2.48. The number of likely N-dealkylation sites (N-methyl/N-ethyl adjacent to an activating group) is 1. The van der Waals surface area contributed by atoms with Gasteiger partial charge in [0.05, 0.1) is 12.6 Å². The normalized spacial score (nSPS) is 23.3. The smallest absolute Gasteiger partial charge is 0.240 e. The summed E-state index contributed by atoms with van der Waals surface area (Å²) in [5, 5.41) is 12.6. The van der Waals surface area contributed by atoms with Crippen LogP contribution in [0.2, 0.25) is 0 Å². The molecule has 6 heteroatoms. The molecule has 1 amide bonds. The molecular weight excluding hydrogens is 244 g/mol. The fraction of sp³-hybridized carbons (Fsp3) is 0.615. The average Bonchev–Trinajstić information content (AvgIpc) is 2.40. The molecule has 0 radical (unpaired) electrons. The summed E-state index contributed by atoms with van der Waals surface area (Å²) in [5.41, 5.74) is 0. The average molecular weight is 264 g/mol. The van der Waals surface area contributed by atoms with Crippen molar-refractivity contribution in [1.82, 2.24) is 14.9 Å². The van der Waals surface area contributed by atoms with Gasteiger partial charge in [0.2, 0.25) is 11.9 Å². The molecule has 2 unspecified atom stereocenters. The zero-order chi connectivity index (χ0) is 13.7. The van der Waals surface area contributed by atoms with Crippen molar-refractivity contribution in [3.63, 3.8) is 0 Å². The topological polar surface area (TPSA) is 78.4 Å². The Balaban J connectivity index is 1.84. The predicted octanol–water partition coefficient (Wildman–Crippen LogP) is 0.650. The van der Waals surface area contributed by atoms with Crippen molar-refractivity contribution in [2.24, 2.45) is 0 Å². The maximum atomic E-state index is 11.9. The lowest BCUT2D eigenvalue weighted by Crippen LogP contribution is -2.46. The van der Waals surface area contributed by atoms with E-state index in [2.05, 4.69) is 15.3 Å². The summed E-state index contributed by atoms with van der Waals surface area (Å²) in [4.78, 5) is 21.6. The van der Waals surface area contributed by atoms with E-state index >= 15 is 0 Å². The maximum Gasteiger partial charge on any atom is 0.240 e. The van der Waals surface area contributed by atoms with Gasteiger partial charge in [0, 0.05) is 18.4 Å². The van der Waals surface area contributed by atoms with Crippen LogP contribution in [0.15, 0.2) is 18.5 Å². The summed E-state index contributed by atoms with van der Waals surface area (Å²) < 4.78 is 0. The Morgan fingerprint density at radius 2 is 2.11 bits per heavy atom. The van der Waals surface area contributed by atoms with Gasteiger partial charge in [0.15, 0.2) is 0 Å². The SMILES string of the molecule is CN(CC(=O)Nc1ncccn1)C1CCCCC1O. The highest BCUT2D eigenvalue weighted by Gasteiger charge is 2.27. The van der Waals surface area contributed by atoms with E-state index in [1.165, 1.54) is 0 Å². The summed E-state index contributed by atoms with van der Waals surface area (Å²) >= 11 is 0. The number of hydrogen-bond donors (Lipinski definition) is 2. The van der Waals surface area contributed by atoms with Crippen LogP contribution >= 0.6 is 0 Å². The van der Waals surface area contributed by atoms with Crippen molar-refractivity contribution < 1.29 is 9.90 Å². The van der Waals surface area contributed by atoms with Crippen LogP contribution in [0.5, 0.6) is 0 Å². The van der Waals surface area contributed by atoms with Gasteiger partial charge in [-0.1, -0.05) is 12.8 Å². The molecule has 2 N–H and O–H groups in total. The number of anilines is 1. The van der Waals surface area contributed by atoms with E-state index in [-0.39, 0.29) is 24.6 Å². The minimum atomic E-state index is -0.334. The second kappa shape index (κ2) is 6.58. The van der Waals surface area contributed by atoms with Crippen molar-refractivity contribution in [2.75, 3.05) is 18.9 Å². The fourth-order valence-corrected chi connectivity index (χ4v) is 2.48. The first-order valence-corrected chi connectivity index (χ1v) is 6.62. The highest BCUT2D eigenvalue weighted by Crippen LogP contribution is 2.22. The van der Waals surface area contributed by atoms with Crippen LogP contribution < -0.4 is 5.32 Å². The van der Waals surface area contributed by atoms with Gasteiger partial charge < -0.3 is 5.11 Å². The number of rotatable bonds is 4. The summed E-state index contributed by atoms with van der Waals surface area (Å²) in [6, 6.07) is 1.76. The van der Waals surface area contributed by atoms with E-state index in [9.17, 15) is 9.90 Å². The first-order chi connectivity index (χ1) is 9.16. The number of carbonyl (C=O) groups excluding carboxylic acids is 1. The second-order valence-corrected chi connectivity index (χ2v) is 4.95. The van der Waals surface area contributed by atoms with Gasteiger partial charge in [-0.2, -0.15) is 0 Å². The molecule has 1 saturated carbocycles. The molecule has 0 aliphatic heterocycles. The van der Waals surface area contributed by atoms with E-state index in [0.717, 1.165) is 25.7 Å². The summed E-state index contributed by atoms with van der Waals surface area (Å²) in [7, 11) is 1.87. The van der Waals surface area contributed by atoms with Crippen LogP contribution in [0, 0.1) is 0 Å². The highest BCUT2D eigenvalue weighted by molar-refractivity contribution is 5.90. The Kier molecular flexibility index (Phi) is 4.81. The Morgan fingerprint density at radius 3 is 2.79 bits per heavy atom. The Morgan fingerprint density at radius 1 is 1.42 bits per heavy atom. The largest absolute Gasteiger partial charge is 0.391 e. The van der Waals surface area contributed by atoms with Gasteiger partial charge in [-0.3, -0.25) is 15.0 Å². The Hall–Kier alpha value is -1.53. The van der Waals surface area contributed by atoms with Gasteiger partial charge in [-0.05, 0) is 26.0 Å². The molecule has 2 atom stereocenters. The van der Waals surface area contributed by atoms with E-state index in [1.54, 1.807) is 18.5 Å². The van der Waals surface area contributed by atoms with Gasteiger partial charge in [0.25, 0.3) is 0 Å². The predicted molar refractivity (Wildman–Crippen MR) is 71.6 cm³/mol. The van der Waals surface area contributed by atoms with E-state index in [4.69, 9.17) is 0 Å². The van der Waals surface area contributed by atoms with Crippen molar-refractivity contribution in [3.05, 3.63) is 18.5 Å². The minimum Gasteiger partial charge on any atom is -0.391 e. The molecule has 19 heavy (non-hydrogen) atoms. The second-order valence-electron chi connectivity index (χ2n) is 4.95. The number of nitrogens with one attached hydrogen (secondary N) is 1. The van der Waals surface area contributed by atoms with Crippen LogP contribution in [0.4, 0.5) is 5.95 Å². The number of hydrogen-bond acceptors (Lipinski definition) is 5. The van der Waals surface area contributed by atoms with Crippen LogP contribution in [-0.4, -0.2) is 51.6 Å². The number of aliphatic hydroxyl groups excluding tert-OH is 1. The molecule has 104 valence electrons. The van der Waals surface area contributed by atoms with Gasteiger partial charge >= 0.3 is 0 Å². The molecule has 1 fully saturated rings. The molecule has 2 rings (SSSR count). The molecular formula is C13H20N4O2. The maximum absolute atomic E-state index is 11.9. The lowest BCUT2D eigenvalue weighted by atomic mass is 9.91. The van der Waals surface area contributed by atoms with Crippen molar-refractivity contribution in [3.8, 4) is 0 Å². The summed E-state index contributed by atoms with van der Waals surface area (Å²) in [6.45, 7) is 0.236. The zero-order valence-electron chi connectivity index (χ0n) is 11.1. The number of nitrogens with zero attached hydrogens (tertiary/aromatic N) is 3. The standard InChI is InChI=1S/C13H20N4O2/c1-17(10-5-2-3-6-11(10)18)9-12(19)16-13-14-7-4-8-15-13/h4,7-8,10-11,18H,2-3,5-6,9H2,1H3,(H,14,15,16,19). The molecule has 1 aliphatic carbocycles. The third-order valence-corrected chi connectivity index (χ3v) is 3.47. The first-order valence-electron chi connectivity index (χ1n) is 6.62. The molecule has 1 aromatic rings. The molecule has 1 aliphatic rings. The Bertz CT molecular complexity index is 412. The summed E-state index contributed by atoms with van der Waals surface area (Å²) in [5.74, 6) is 0.150. The van der Waals surface area contributed by atoms with Crippen LogP contribution in [0.1, 0.15) is 25.7 Å². The lowest BCUT2D eigenvalue weighted by molar-refractivity contribution is -0.118. The van der Waals surface area contributed by atoms with Crippen molar-refractivity contribution >= 4 is 11.9 Å². The quantitative estimate of drug-likeness (QED) is 0.835. The Labute approximate surface area is 112 Å². The van der Waals surface area contributed by atoms with E-state index in [0.29, 0.717) is 5.95 Å². The van der Waals surface area contributed by atoms with Crippen molar-refractivity contribution in [1.29, 1.82) is 0 Å². The third-order valence-electron chi connectivity index (χ3n) is 3.47. The van der Waals surface area contributed by atoms with Gasteiger partial charge in [0.1, 0.15) is 0 Å². The van der Waals surface area contributed by atoms with E-state index < -0.39 is 0 Å². The number of carbonyl (C=O) groups is 1. The first kappa shape index (κ1) is 13.9. The zero-order valence-corrected chi connectivity index (χ0v) is 11.1. The molecule has 0 spiro atoms. The summed E-state index contributed by atoms with van der Waals surface area (Å²) in [6.07, 6.45) is 6.75. The molecule has 1 aromatic heterocycles. The van der Waals surface area contributed by atoms with Crippen LogP contribution in [-0.2, 0) is 4.79 Å². The minimum absolute atomic E-state index is 0.0659. The van der Waals surface area contributed by atoms with Gasteiger partial charge in [-0.15, -0.1) is 0 Å². The van der Waals surface area contributed by atoms with Crippen molar-refractivity contribution in [2.45, 2.75) is 37.8 Å². The van der Waals surface area contributed by atoms with Crippen LogP contribution in [0.3, 0.4) is 0 Å². The monoisotopic (exact) mass is 264 g/mol. The number of aromatic nitrogens is 2.